The van der Waals surface area contributed by atoms with Crippen molar-refractivity contribution >= 4 is 14.7 Å². The van der Waals surface area contributed by atoms with Gasteiger partial charge in [-0.05, 0) is 48.4 Å². The molecule has 1 fully saturated rings. The fourth-order valence-electron chi connectivity index (χ4n) is 4.11. The number of benzene rings is 2. The number of furan rings is 1. The van der Waals surface area contributed by atoms with Gasteiger partial charge in [0.1, 0.15) is 29.4 Å². The second kappa shape index (κ2) is 9.45. The number of nitrogens with zero attached hydrogens (tertiary/aromatic N) is 1. The zero-order chi connectivity index (χ0) is 20.9. The first-order valence-electron chi connectivity index (χ1n) is 9.96. The first kappa shape index (κ1) is 20.6. The van der Waals surface area contributed by atoms with E-state index in [1.54, 1.807) is 0 Å². The number of hydrogen-bond acceptors (Lipinski definition) is 5. The van der Waals surface area contributed by atoms with Crippen molar-refractivity contribution in [1.82, 2.24) is 0 Å². The standard InChI is InChI=1S/C24H24NO4P/c25-13-17-12-22(26)24(21(17)15-27-14-20-10-11-23(30)29-20)16-6-8-19(9-7-16)28-18-4-2-1-3-5-18/h1-11,17,21-22,24,26H,12,14-15,30H2/t17-,21?,22+,24?/m0/s1. The molecule has 0 bridgehead atoms. The van der Waals surface area contributed by atoms with Crippen LogP contribution in [0.2, 0.25) is 0 Å². The van der Waals surface area contributed by atoms with E-state index in [2.05, 4.69) is 15.3 Å². The van der Waals surface area contributed by atoms with Gasteiger partial charge >= 0.3 is 0 Å². The third-order valence-electron chi connectivity index (χ3n) is 5.53. The average molecular weight is 421 g/mol. The third kappa shape index (κ3) is 4.74. The van der Waals surface area contributed by atoms with Gasteiger partial charge in [0.2, 0.25) is 0 Å². The average Bonchev–Trinajstić information content (AvgIpc) is 3.32. The van der Waals surface area contributed by atoms with Crippen LogP contribution in [-0.2, 0) is 11.3 Å². The van der Waals surface area contributed by atoms with Gasteiger partial charge in [-0.2, -0.15) is 5.26 Å². The van der Waals surface area contributed by atoms with Crippen LogP contribution in [-0.4, -0.2) is 17.8 Å². The number of aliphatic hydroxyl groups is 1. The summed E-state index contributed by atoms with van der Waals surface area (Å²) >= 11 is 0. The zero-order valence-electron chi connectivity index (χ0n) is 16.5. The minimum Gasteiger partial charge on any atom is -0.460 e. The van der Waals surface area contributed by atoms with Crippen molar-refractivity contribution in [2.45, 2.75) is 25.0 Å². The van der Waals surface area contributed by atoms with Gasteiger partial charge in [-0.3, -0.25) is 0 Å². The van der Waals surface area contributed by atoms with Crippen LogP contribution in [0.4, 0.5) is 0 Å². The Morgan fingerprint density at radius 1 is 1.03 bits per heavy atom. The van der Waals surface area contributed by atoms with Crippen LogP contribution in [0.5, 0.6) is 11.5 Å². The predicted molar refractivity (Wildman–Crippen MR) is 117 cm³/mol. The molecule has 30 heavy (non-hydrogen) atoms. The monoisotopic (exact) mass is 421 g/mol. The van der Waals surface area contributed by atoms with Crippen LogP contribution >= 0.6 is 9.24 Å². The molecular weight excluding hydrogens is 397 g/mol. The Balaban J connectivity index is 1.45. The highest BCUT2D eigenvalue weighted by molar-refractivity contribution is 7.26. The molecule has 0 saturated heterocycles. The summed E-state index contributed by atoms with van der Waals surface area (Å²) < 4.78 is 17.2. The summed E-state index contributed by atoms with van der Waals surface area (Å²) in [5.41, 5.74) is 1.75. The molecule has 5 atom stereocenters. The van der Waals surface area contributed by atoms with Crippen molar-refractivity contribution < 1.29 is 19.0 Å². The number of ether oxygens (including phenoxy) is 2. The summed E-state index contributed by atoms with van der Waals surface area (Å²) in [4.78, 5) is 0. The largest absolute Gasteiger partial charge is 0.460 e. The van der Waals surface area contributed by atoms with Crippen molar-refractivity contribution in [2.75, 3.05) is 6.61 Å². The van der Waals surface area contributed by atoms with E-state index in [1.807, 2.05) is 66.7 Å². The summed E-state index contributed by atoms with van der Waals surface area (Å²) in [6.45, 7) is 0.727. The normalized spacial score (nSPS) is 23.2. The molecule has 3 unspecified atom stereocenters. The number of rotatable bonds is 7. The Labute approximate surface area is 178 Å². The van der Waals surface area contributed by atoms with E-state index in [9.17, 15) is 10.4 Å². The molecule has 4 rings (SSSR count). The molecule has 0 spiro atoms. The molecule has 1 aliphatic carbocycles. The minimum atomic E-state index is -0.577. The van der Waals surface area contributed by atoms with Crippen molar-refractivity contribution in [3.05, 3.63) is 78.1 Å². The highest BCUT2D eigenvalue weighted by Gasteiger charge is 2.43. The molecule has 0 radical (unpaired) electrons. The number of hydrogen-bond donors (Lipinski definition) is 1. The molecule has 1 heterocycles. The fourth-order valence-corrected chi connectivity index (χ4v) is 4.35. The molecular formula is C24H24NO4P. The first-order chi connectivity index (χ1) is 14.6. The summed E-state index contributed by atoms with van der Waals surface area (Å²) in [5, 5.41) is 20.3. The van der Waals surface area contributed by atoms with E-state index in [1.165, 1.54) is 0 Å². The maximum Gasteiger partial charge on any atom is 0.130 e. The Morgan fingerprint density at radius 2 is 1.77 bits per heavy atom. The van der Waals surface area contributed by atoms with E-state index < -0.39 is 6.10 Å². The highest BCUT2D eigenvalue weighted by Crippen LogP contribution is 2.44. The van der Waals surface area contributed by atoms with E-state index >= 15 is 0 Å². The third-order valence-corrected chi connectivity index (χ3v) is 5.85. The quantitative estimate of drug-likeness (QED) is 0.573. The highest BCUT2D eigenvalue weighted by atomic mass is 31.0. The molecule has 3 aromatic rings. The van der Waals surface area contributed by atoms with Gasteiger partial charge < -0.3 is 19.0 Å². The van der Waals surface area contributed by atoms with Gasteiger partial charge in [0, 0.05) is 11.8 Å². The lowest BCUT2D eigenvalue weighted by molar-refractivity contribution is 0.0580. The van der Waals surface area contributed by atoms with Crippen LogP contribution in [0.15, 0.2) is 71.1 Å². The molecule has 0 aliphatic heterocycles. The van der Waals surface area contributed by atoms with E-state index in [0.717, 1.165) is 28.3 Å². The Kier molecular flexibility index (Phi) is 6.50. The SMILES string of the molecule is N#C[C@@H]1C[C@@H](O)C(c2ccc(Oc3ccccc3)cc2)C1COCc1ccc(P)o1. The number of nitriles is 1. The maximum absolute atomic E-state index is 10.7. The van der Waals surface area contributed by atoms with Crippen molar-refractivity contribution in [2.24, 2.45) is 11.8 Å². The second-order valence-electron chi connectivity index (χ2n) is 7.53. The van der Waals surface area contributed by atoms with E-state index in [0.29, 0.717) is 19.6 Å². The Morgan fingerprint density at radius 3 is 2.43 bits per heavy atom. The Hall–Kier alpha value is -2.64. The van der Waals surface area contributed by atoms with Gasteiger partial charge in [0.05, 0.1) is 24.7 Å². The summed E-state index contributed by atoms with van der Waals surface area (Å²) in [6.07, 6.45) is -0.125. The van der Waals surface area contributed by atoms with Crippen LogP contribution in [0.3, 0.4) is 0 Å². The fraction of sp³-hybridized carbons (Fsp3) is 0.292. The van der Waals surface area contributed by atoms with Gasteiger partial charge in [-0.1, -0.05) is 39.6 Å². The van der Waals surface area contributed by atoms with Crippen molar-refractivity contribution in [3.63, 3.8) is 0 Å². The van der Waals surface area contributed by atoms with E-state index in [-0.39, 0.29) is 17.8 Å². The molecule has 5 nitrogen and oxygen atoms in total. The van der Waals surface area contributed by atoms with Gasteiger partial charge in [-0.25, -0.2) is 0 Å². The minimum absolute atomic E-state index is 0.0867. The zero-order valence-corrected chi connectivity index (χ0v) is 17.6. The molecule has 0 amide bonds. The van der Waals surface area contributed by atoms with Gasteiger partial charge in [-0.15, -0.1) is 0 Å². The van der Waals surface area contributed by atoms with Crippen LogP contribution in [0.1, 0.15) is 23.7 Å². The van der Waals surface area contributed by atoms with Gasteiger partial charge in [0.25, 0.3) is 0 Å². The second-order valence-corrected chi connectivity index (χ2v) is 8.10. The topological polar surface area (TPSA) is 75.6 Å². The van der Waals surface area contributed by atoms with Crippen molar-refractivity contribution in [3.8, 4) is 17.6 Å². The molecule has 1 aromatic heterocycles. The predicted octanol–water partition coefficient (Wildman–Crippen LogP) is 4.39. The van der Waals surface area contributed by atoms with Crippen LogP contribution < -0.4 is 10.2 Å². The molecule has 1 aliphatic rings. The molecule has 154 valence electrons. The van der Waals surface area contributed by atoms with Crippen LogP contribution in [0, 0.1) is 23.2 Å². The van der Waals surface area contributed by atoms with Crippen molar-refractivity contribution in [1.29, 1.82) is 5.26 Å². The lowest BCUT2D eigenvalue weighted by Crippen LogP contribution is -2.22. The first-order valence-corrected chi connectivity index (χ1v) is 10.5. The lowest BCUT2D eigenvalue weighted by atomic mass is 9.85. The van der Waals surface area contributed by atoms with Gasteiger partial charge in [0.15, 0.2) is 0 Å². The smallest absolute Gasteiger partial charge is 0.130 e. The summed E-state index contributed by atoms with van der Waals surface area (Å²) in [7, 11) is 2.51. The molecule has 6 heteroatoms. The molecule has 2 aromatic carbocycles. The van der Waals surface area contributed by atoms with Crippen LogP contribution in [0.25, 0.3) is 0 Å². The van der Waals surface area contributed by atoms with E-state index in [4.69, 9.17) is 13.9 Å². The number of aliphatic hydroxyl groups excluding tert-OH is 1. The Bertz CT molecular complexity index is 996. The maximum atomic E-state index is 10.7. The summed E-state index contributed by atoms with van der Waals surface area (Å²) in [5.74, 6) is 1.75. The molecule has 1 N–H and O–H groups in total. The number of para-hydroxylation sites is 1. The summed E-state index contributed by atoms with van der Waals surface area (Å²) in [6, 6.07) is 23.4. The molecule has 1 saturated carbocycles. The lowest BCUT2D eigenvalue weighted by Gasteiger charge is -2.24.